The third-order valence-electron chi connectivity index (χ3n) is 3.01. The highest BCUT2D eigenvalue weighted by atomic mass is 16.4. The number of carbonyl (C=O) groups excluding carboxylic acids is 1. The summed E-state index contributed by atoms with van der Waals surface area (Å²) in [7, 11) is 3.20. The molecule has 0 heterocycles. The van der Waals surface area contributed by atoms with E-state index < -0.39 is 23.4 Å². The van der Waals surface area contributed by atoms with Gasteiger partial charge in [0.05, 0.1) is 11.6 Å². The molecule has 2 N–H and O–H groups in total. The van der Waals surface area contributed by atoms with Crippen molar-refractivity contribution in [1.82, 2.24) is 4.90 Å². The Kier molecular flexibility index (Phi) is 3.71. The fourth-order valence-electron chi connectivity index (χ4n) is 2.29. The normalized spacial score (nSPS) is 27.4. The minimum absolute atomic E-state index is 0.0652. The predicted octanol–water partition coefficient (Wildman–Crippen LogP) is 0.157. The first-order chi connectivity index (χ1) is 8.24. The van der Waals surface area contributed by atoms with E-state index in [0.717, 1.165) is 0 Å². The zero-order valence-corrected chi connectivity index (χ0v) is 10.4. The van der Waals surface area contributed by atoms with Gasteiger partial charge < -0.3 is 15.1 Å². The molecule has 1 aliphatic carbocycles. The molecule has 0 spiro atoms. The lowest BCUT2D eigenvalue weighted by Gasteiger charge is -2.38. The number of carbonyl (C=O) groups is 3. The third kappa shape index (κ3) is 2.19. The number of rotatable bonds is 4. The summed E-state index contributed by atoms with van der Waals surface area (Å²) in [5.74, 6) is -2.40. The van der Waals surface area contributed by atoms with Crippen molar-refractivity contribution in [2.75, 3.05) is 14.1 Å². The van der Waals surface area contributed by atoms with E-state index in [1.807, 2.05) is 0 Å². The molecule has 0 radical (unpaired) electrons. The summed E-state index contributed by atoms with van der Waals surface area (Å²) in [6.45, 7) is 1.40. The van der Waals surface area contributed by atoms with E-state index in [-0.39, 0.29) is 11.1 Å². The van der Waals surface area contributed by atoms with Crippen LogP contribution in [0.15, 0.2) is 23.3 Å². The van der Waals surface area contributed by atoms with Crippen LogP contribution in [0.5, 0.6) is 0 Å². The van der Waals surface area contributed by atoms with Crippen LogP contribution in [0.2, 0.25) is 0 Å². The number of carboxylic acids is 2. The lowest BCUT2D eigenvalue weighted by atomic mass is 9.73. The van der Waals surface area contributed by atoms with Crippen LogP contribution in [0.1, 0.15) is 6.92 Å². The Morgan fingerprint density at radius 3 is 2.28 bits per heavy atom. The van der Waals surface area contributed by atoms with Crippen LogP contribution in [0.25, 0.3) is 0 Å². The molecule has 0 bridgehead atoms. The van der Waals surface area contributed by atoms with Gasteiger partial charge in [0.2, 0.25) is 0 Å². The maximum atomic E-state index is 11.4. The van der Waals surface area contributed by atoms with E-state index >= 15 is 0 Å². The minimum atomic E-state index is -1.46. The van der Waals surface area contributed by atoms with E-state index in [1.54, 1.807) is 14.1 Å². The minimum Gasteiger partial charge on any atom is -0.481 e. The fraction of sp³-hybridized carbons (Fsp3) is 0.417. The summed E-state index contributed by atoms with van der Waals surface area (Å²) >= 11 is 0. The van der Waals surface area contributed by atoms with Crippen molar-refractivity contribution in [3.63, 3.8) is 0 Å². The van der Waals surface area contributed by atoms with Gasteiger partial charge in [0, 0.05) is 5.57 Å². The molecule has 6 heteroatoms. The first-order valence-electron chi connectivity index (χ1n) is 5.26. The zero-order valence-electron chi connectivity index (χ0n) is 10.4. The maximum absolute atomic E-state index is 11.4. The van der Waals surface area contributed by atoms with Gasteiger partial charge in [-0.1, -0.05) is 6.08 Å². The van der Waals surface area contributed by atoms with Gasteiger partial charge in [0.25, 0.3) is 0 Å². The highest BCUT2D eigenvalue weighted by Gasteiger charge is 2.47. The molecular weight excluding hydrogens is 238 g/mol. The largest absolute Gasteiger partial charge is 0.481 e. The number of aliphatic carboxylic acids is 2. The van der Waals surface area contributed by atoms with Crippen LogP contribution in [-0.4, -0.2) is 53.5 Å². The van der Waals surface area contributed by atoms with Crippen molar-refractivity contribution >= 4 is 18.2 Å². The Morgan fingerprint density at radius 2 is 1.94 bits per heavy atom. The average Bonchev–Trinajstić information content (AvgIpc) is 2.26. The Labute approximate surface area is 104 Å². The number of aldehydes is 1. The summed E-state index contributed by atoms with van der Waals surface area (Å²) in [5.41, 5.74) is -1.49. The first-order valence-corrected chi connectivity index (χ1v) is 5.26. The molecule has 0 aromatic rings. The molecular formula is C12H15NO5. The molecule has 0 aromatic heterocycles. The standard InChI is InChI=1S/C12H15NO5/c1-12(11(17)18)5-7(6-14)4-8(10(15)16)9(12)13(2)3/h4-6,9H,1-3H3,(H,15,16)(H,17,18). The molecule has 2 atom stereocenters. The van der Waals surface area contributed by atoms with Crippen LogP contribution in [0, 0.1) is 5.41 Å². The van der Waals surface area contributed by atoms with E-state index in [4.69, 9.17) is 5.11 Å². The first kappa shape index (κ1) is 14.1. The predicted molar refractivity (Wildman–Crippen MR) is 63.1 cm³/mol. The SMILES string of the molecule is CN(C)C1C(C(=O)O)=CC(C=O)=CC1(C)C(=O)O. The quantitative estimate of drug-likeness (QED) is 0.693. The second kappa shape index (κ2) is 4.73. The lowest BCUT2D eigenvalue weighted by molar-refractivity contribution is -0.148. The molecule has 1 rings (SSSR count). The third-order valence-corrected chi connectivity index (χ3v) is 3.01. The van der Waals surface area contributed by atoms with E-state index in [0.29, 0.717) is 6.29 Å². The van der Waals surface area contributed by atoms with Crippen molar-refractivity contribution in [1.29, 1.82) is 0 Å². The van der Waals surface area contributed by atoms with Crippen molar-refractivity contribution in [2.24, 2.45) is 5.41 Å². The molecule has 0 fully saturated rings. The second-order valence-electron chi connectivity index (χ2n) is 4.62. The van der Waals surface area contributed by atoms with Crippen molar-refractivity contribution < 1.29 is 24.6 Å². The molecule has 0 amide bonds. The van der Waals surface area contributed by atoms with E-state index in [9.17, 15) is 19.5 Å². The van der Waals surface area contributed by atoms with Crippen LogP contribution in [0.3, 0.4) is 0 Å². The topological polar surface area (TPSA) is 94.9 Å². The summed E-state index contributed by atoms with van der Waals surface area (Å²) in [5, 5.41) is 18.5. The van der Waals surface area contributed by atoms with Gasteiger partial charge in [-0.05, 0) is 27.1 Å². The van der Waals surface area contributed by atoms with Gasteiger partial charge in [-0.15, -0.1) is 0 Å². The number of hydrogen-bond donors (Lipinski definition) is 2. The number of hydrogen-bond acceptors (Lipinski definition) is 4. The number of allylic oxidation sites excluding steroid dienone is 2. The number of likely N-dealkylation sites (N-methyl/N-ethyl adjacent to an activating group) is 1. The smallest absolute Gasteiger partial charge is 0.333 e. The summed E-state index contributed by atoms with van der Waals surface area (Å²) in [6, 6.07) is -0.837. The highest BCUT2D eigenvalue weighted by molar-refractivity contribution is 5.96. The fourth-order valence-corrected chi connectivity index (χ4v) is 2.29. The molecule has 98 valence electrons. The van der Waals surface area contributed by atoms with Crippen LogP contribution < -0.4 is 0 Å². The number of nitrogens with zero attached hydrogens (tertiary/aromatic N) is 1. The Morgan fingerprint density at radius 1 is 1.39 bits per heavy atom. The highest BCUT2D eigenvalue weighted by Crippen LogP contribution is 2.36. The van der Waals surface area contributed by atoms with Gasteiger partial charge in [-0.2, -0.15) is 0 Å². The monoisotopic (exact) mass is 253 g/mol. The summed E-state index contributed by atoms with van der Waals surface area (Å²) < 4.78 is 0. The average molecular weight is 253 g/mol. The van der Waals surface area contributed by atoms with Crippen molar-refractivity contribution in [3.8, 4) is 0 Å². The van der Waals surface area contributed by atoms with Gasteiger partial charge in [0.15, 0.2) is 0 Å². The molecule has 0 saturated heterocycles. The Bertz CT molecular complexity index is 463. The lowest BCUT2D eigenvalue weighted by Crippen LogP contribution is -2.50. The van der Waals surface area contributed by atoms with Crippen molar-refractivity contribution in [3.05, 3.63) is 23.3 Å². The Hall–Kier alpha value is -1.95. The van der Waals surface area contributed by atoms with Crippen LogP contribution in [0.4, 0.5) is 0 Å². The molecule has 6 nitrogen and oxygen atoms in total. The van der Waals surface area contributed by atoms with Crippen LogP contribution >= 0.6 is 0 Å². The van der Waals surface area contributed by atoms with Gasteiger partial charge >= 0.3 is 11.9 Å². The van der Waals surface area contributed by atoms with Gasteiger partial charge in [-0.3, -0.25) is 9.59 Å². The summed E-state index contributed by atoms with van der Waals surface area (Å²) in [6.07, 6.45) is 2.96. The van der Waals surface area contributed by atoms with Crippen molar-refractivity contribution in [2.45, 2.75) is 13.0 Å². The molecule has 0 aliphatic heterocycles. The molecule has 2 unspecified atom stereocenters. The zero-order chi connectivity index (χ0) is 14.1. The van der Waals surface area contributed by atoms with E-state index in [2.05, 4.69) is 0 Å². The van der Waals surface area contributed by atoms with Gasteiger partial charge in [0.1, 0.15) is 11.7 Å². The molecule has 0 aromatic carbocycles. The molecule has 0 saturated carbocycles. The second-order valence-corrected chi connectivity index (χ2v) is 4.62. The summed E-state index contributed by atoms with van der Waals surface area (Å²) in [4.78, 5) is 34.9. The Balaban J connectivity index is 3.47. The molecule has 18 heavy (non-hydrogen) atoms. The van der Waals surface area contributed by atoms with Gasteiger partial charge in [-0.25, -0.2) is 4.79 Å². The van der Waals surface area contributed by atoms with Crippen LogP contribution in [-0.2, 0) is 14.4 Å². The number of carboxylic acid groups (broad SMARTS) is 2. The molecule has 1 aliphatic rings. The maximum Gasteiger partial charge on any atom is 0.333 e. The van der Waals surface area contributed by atoms with E-state index in [1.165, 1.54) is 24.0 Å².